The lowest BCUT2D eigenvalue weighted by molar-refractivity contribution is -0.128. The molecule has 1 saturated heterocycles. The number of carbonyl (C=O) groups excluding carboxylic acids is 1. The normalized spacial score (nSPS) is 34.8. The van der Waals surface area contributed by atoms with Crippen LogP contribution in [0.25, 0.3) is 0 Å². The molecule has 3 fully saturated rings. The van der Waals surface area contributed by atoms with Gasteiger partial charge in [0.1, 0.15) is 5.78 Å². The van der Waals surface area contributed by atoms with E-state index in [0.29, 0.717) is 25.5 Å². The minimum atomic E-state index is -4.08. The zero-order chi connectivity index (χ0) is 18.0. The van der Waals surface area contributed by atoms with Crippen LogP contribution in [0.2, 0.25) is 0 Å². The fourth-order valence-corrected chi connectivity index (χ4v) is 6.05. The molecule has 6 nitrogen and oxygen atoms in total. The van der Waals surface area contributed by atoms with Gasteiger partial charge in [0.2, 0.25) is 0 Å². The number of aliphatic hydroxyl groups is 1. The summed E-state index contributed by atoms with van der Waals surface area (Å²) in [5, 5.41) is 11.9. The second kappa shape index (κ2) is 7.40. The molecule has 2 bridgehead atoms. The summed E-state index contributed by atoms with van der Waals surface area (Å²) < 4.78 is 31.0. The number of piperidine rings is 1. The number of nitrogens with one attached hydrogen (secondary N) is 1. The Bertz CT molecular complexity index is 551. The number of rotatable bonds is 4. The van der Waals surface area contributed by atoms with E-state index in [0.717, 1.165) is 19.4 Å². The van der Waals surface area contributed by atoms with Crippen molar-refractivity contribution in [3.63, 3.8) is 0 Å². The van der Waals surface area contributed by atoms with Gasteiger partial charge in [0.15, 0.2) is 0 Å². The zero-order valence-electron chi connectivity index (χ0n) is 14.8. The summed E-state index contributed by atoms with van der Waals surface area (Å²) in [6.45, 7) is 5.36. The summed E-state index contributed by atoms with van der Waals surface area (Å²) in [5.74, 6) is -0.101. The van der Waals surface area contributed by atoms with E-state index in [9.17, 15) is 13.2 Å². The van der Waals surface area contributed by atoms with Gasteiger partial charge in [-0.1, -0.05) is 20.3 Å². The van der Waals surface area contributed by atoms with Gasteiger partial charge in [-0.3, -0.25) is 9.35 Å². The summed E-state index contributed by atoms with van der Waals surface area (Å²) in [5.41, 5.74) is -1.12. The minimum absolute atomic E-state index is 0.0152. The molecule has 0 radical (unpaired) electrons. The molecule has 0 amide bonds. The Hall–Kier alpha value is -0.500. The van der Waals surface area contributed by atoms with E-state index in [1.54, 1.807) is 0 Å². The molecule has 3 atom stereocenters. The highest BCUT2D eigenvalue weighted by Gasteiger charge is 2.65. The quantitative estimate of drug-likeness (QED) is 0.660. The molecule has 0 aromatic rings. The highest BCUT2D eigenvalue weighted by molar-refractivity contribution is 7.85. The van der Waals surface area contributed by atoms with E-state index >= 15 is 0 Å². The molecule has 1 aliphatic heterocycles. The third-order valence-corrected chi connectivity index (χ3v) is 7.32. The largest absolute Gasteiger partial charge is 0.396 e. The fraction of sp³-hybridized carbons (Fsp3) is 0.941. The van der Waals surface area contributed by atoms with Gasteiger partial charge < -0.3 is 10.4 Å². The van der Waals surface area contributed by atoms with Crippen LogP contribution >= 0.6 is 0 Å². The minimum Gasteiger partial charge on any atom is -0.396 e. The first-order valence-corrected chi connectivity index (χ1v) is 10.6. The lowest BCUT2D eigenvalue weighted by Gasteiger charge is -2.35. The predicted octanol–water partition coefficient (Wildman–Crippen LogP) is 1.78. The van der Waals surface area contributed by atoms with Gasteiger partial charge in [-0.25, -0.2) is 0 Å². The Morgan fingerprint density at radius 2 is 1.96 bits per heavy atom. The highest BCUT2D eigenvalue weighted by atomic mass is 32.2. The Morgan fingerprint density at radius 3 is 2.38 bits per heavy atom. The van der Waals surface area contributed by atoms with E-state index in [-0.39, 0.29) is 17.1 Å². The molecule has 3 aliphatic rings. The highest BCUT2D eigenvalue weighted by Crippen LogP contribution is 2.64. The van der Waals surface area contributed by atoms with Crippen LogP contribution in [0.1, 0.15) is 58.8 Å². The van der Waals surface area contributed by atoms with Crippen LogP contribution in [-0.4, -0.2) is 48.8 Å². The van der Waals surface area contributed by atoms with Crippen molar-refractivity contribution in [1.82, 2.24) is 5.32 Å². The van der Waals surface area contributed by atoms with E-state index < -0.39 is 21.3 Å². The first-order valence-electron chi connectivity index (χ1n) is 8.95. The van der Waals surface area contributed by atoms with Crippen molar-refractivity contribution in [2.45, 2.75) is 64.8 Å². The van der Waals surface area contributed by atoms with Crippen LogP contribution < -0.4 is 5.32 Å². The van der Waals surface area contributed by atoms with Crippen LogP contribution in [0.4, 0.5) is 0 Å². The number of hydrogen-bond acceptors (Lipinski definition) is 5. The lowest BCUT2D eigenvalue weighted by Crippen LogP contribution is -2.42. The Balaban J connectivity index is 0.000000198. The van der Waals surface area contributed by atoms with Crippen LogP contribution in [-0.2, 0) is 14.9 Å². The van der Waals surface area contributed by atoms with Gasteiger partial charge in [-0.15, -0.1) is 0 Å². The number of Topliss-reactive ketones (excluding diaryl/α,β-unsaturated/α-hetero) is 1. The molecule has 3 N–H and O–H groups in total. The molecule has 24 heavy (non-hydrogen) atoms. The van der Waals surface area contributed by atoms with Crippen molar-refractivity contribution in [1.29, 1.82) is 0 Å². The first kappa shape index (κ1) is 19.8. The van der Waals surface area contributed by atoms with Gasteiger partial charge >= 0.3 is 0 Å². The maximum absolute atomic E-state index is 11.9. The number of hydrogen-bond donors (Lipinski definition) is 3. The van der Waals surface area contributed by atoms with E-state index in [1.165, 1.54) is 19.3 Å². The first-order chi connectivity index (χ1) is 11.1. The summed E-state index contributed by atoms with van der Waals surface area (Å²) in [4.78, 5) is 11.9. The Kier molecular flexibility index (Phi) is 6.11. The van der Waals surface area contributed by atoms with Crippen molar-refractivity contribution >= 4 is 15.9 Å². The average molecular weight is 362 g/mol. The van der Waals surface area contributed by atoms with Gasteiger partial charge in [0.05, 0.1) is 11.2 Å². The molecule has 1 heterocycles. The Morgan fingerprint density at radius 1 is 1.25 bits per heavy atom. The van der Waals surface area contributed by atoms with Crippen molar-refractivity contribution in [2.75, 3.05) is 18.9 Å². The van der Waals surface area contributed by atoms with Crippen LogP contribution in [0.3, 0.4) is 0 Å². The number of aliphatic hydroxyl groups excluding tert-OH is 1. The number of fused-ring (bicyclic) bond motifs is 2. The lowest BCUT2D eigenvalue weighted by atomic mass is 9.70. The maximum atomic E-state index is 11.9. The zero-order valence-corrected chi connectivity index (χ0v) is 15.6. The summed E-state index contributed by atoms with van der Waals surface area (Å²) in [6, 6.07) is 0.601. The summed E-state index contributed by atoms with van der Waals surface area (Å²) in [6.07, 6.45) is 6.79. The Labute approximate surface area is 145 Å². The number of ketones is 1. The van der Waals surface area contributed by atoms with Gasteiger partial charge in [0, 0.05) is 19.1 Å². The van der Waals surface area contributed by atoms with Gasteiger partial charge in [-0.05, 0) is 50.0 Å². The standard InChI is InChI=1S/C10H16O4S.C7H15NO/c1-9(2)7-3-4-10(9,8(11)5-7)6-15(12,13)14;9-6-4-7-3-1-2-5-8-7/h7H,3-6H2,1-2H3,(H,12,13,14);7-9H,1-6H2/t7-,10-;7-/m11/s1. The molecule has 0 aromatic carbocycles. The van der Waals surface area contributed by atoms with Crippen molar-refractivity contribution in [2.24, 2.45) is 16.7 Å². The third kappa shape index (κ3) is 4.00. The molecular weight excluding hydrogens is 330 g/mol. The maximum Gasteiger partial charge on any atom is 0.265 e. The topological polar surface area (TPSA) is 104 Å². The molecule has 3 rings (SSSR count). The molecular formula is C17H31NO5S. The van der Waals surface area contributed by atoms with Gasteiger partial charge in [-0.2, -0.15) is 8.42 Å². The van der Waals surface area contributed by atoms with Crippen molar-refractivity contribution in [3.8, 4) is 0 Å². The fourth-order valence-electron chi connectivity index (χ4n) is 4.75. The van der Waals surface area contributed by atoms with Crippen LogP contribution in [0.5, 0.6) is 0 Å². The molecule has 7 heteroatoms. The second-order valence-electron chi connectivity index (χ2n) is 8.05. The monoisotopic (exact) mass is 361 g/mol. The third-order valence-electron chi connectivity index (χ3n) is 6.46. The average Bonchev–Trinajstić information content (AvgIpc) is 2.82. The summed E-state index contributed by atoms with van der Waals surface area (Å²) in [7, 11) is -4.08. The van der Waals surface area contributed by atoms with Crippen molar-refractivity contribution in [3.05, 3.63) is 0 Å². The summed E-state index contributed by atoms with van der Waals surface area (Å²) >= 11 is 0. The van der Waals surface area contributed by atoms with E-state index in [2.05, 4.69) is 5.32 Å². The SMILES string of the molecule is CC1(C)[C@@H]2CC[C@@]1(CS(=O)(=O)O)C(=O)C2.OCC[C@H]1CCCCN1. The predicted molar refractivity (Wildman–Crippen MR) is 92.3 cm³/mol. The van der Waals surface area contributed by atoms with Crippen LogP contribution in [0, 0.1) is 16.7 Å². The van der Waals surface area contributed by atoms with Crippen molar-refractivity contribution < 1.29 is 22.9 Å². The molecule has 2 saturated carbocycles. The smallest absolute Gasteiger partial charge is 0.265 e. The van der Waals surface area contributed by atoms with E-state index in [4.69, 9.17) is 9.66 Å². The molecule has 0 spiro atoms. The molecule has 2 aliphatic carbocycles. The van der Waals surface area contributed by atoms with E-state index in [1.807, 2.05) is 13.8 Å². The second-order valence-corrected chi connectivity index (χ2v) is 9.50. The molecule has 0 unspecified atom stereocenters. The molecule has 140 valence electrons. The van der Waals surface area contributed by atoms with Crippen LogP contribution in [0.15, 0.2) is 0 Å². The molecule has 0 aromatic heterocycles. The van der Waals surface area contributed by atoms with Gasteiger partial charge in [0.25, 0.3) is 10.1 Å². The number of carbonyl (C=O) groups is 1.